The van der Waals surface area contributed by atoms with Crippen molar-refractivity contribution in [3.63, 3.8) is 0 Å². The van der Waals surface area contributed by atoms with Crippen LogP contribution in [0.4, 0.5) is 0 Å². The molecule has 0 saturated carbocycles. The molecule has 158 valence electrons. The average molecular weight is 416 g/mol. The van der Waals surface area contributed by atoms with Crippen molar-refractivity contribution in [3.8, 4) is 5.75 Å². The van der Waals surface area contributed by atoms with Crippen LogP contribution in [0.3, 0.4) is 0 Å². The van der Waals surface area contributed by atoms with E-state index in [2.05, 4.69) is 15.6 Å². The molecular weight excluding hydrogens is 392 g/mol. The lowest BCUT2D eigenvalue weighted by Gasteiger charge is -2.12. The molecule has 7 nitrogen and oxygen atoms in total. The molecule has 2 aromatic heterocycles. The van der Waals surface area contributed by atoms with Gasteiger partial charge in [0, 0.05) is 24.5 Å². The van der Waals surface area contributed by atoms with Crippen LogP contribution < -0.4 is 10.1 Å². The maximum absolute atomic E-state index is 12.7. The van der Waals surface area contributed by atoms with Gasteiger partial charge in [0.05, 0.1) is 17.8 Å². The molecule has 2 heterocycles. The summed E-state index contributed by atoms with van der Waals surface area (Å²) in [5.74, 6) is 1.20. The number of aromatic nitrogens is 3. The molecule has 0 spiro atoms. The standard InChI is InChI=1S/C24H24N4O3/c1-17-23(18(2)31-27-17)16-30-22-10-5-9-19(13-22)24(29)25-14-20-7-3-4-8-21(20)15-28-12-6-11-26-28/h3-13H,14-16H2,1-2H3,(H,25,29). The molecule has 0 atom stereocenters. The summed E-state index contributed by atoms with van der Waals surface area (Å²) in [6, 6.07) is 17.1. The Balaban J connectivity index is 1.39. The zero-order valence-electron chi connectivity index (χ0n) is 17.5. The highest BCUT2D eigenvalue weighted by Crippen LogP contribution is 2.19. The zero-order chi connectivity index (χ0) is 21.6. The average Bonchev–Trinajstić information content (AvgIpc) is 3.41. The topological polar surface area (TPSA) is 82.2 Å². The summed E-state index contributed by atoms with van der Waals surface area (Å²) >= 11 is 0. The van der Waals surface area contributed by atoms with Gasteiger partial charge in [-0.15, -0.1) is 0 Å². The van der Waals surface area contributed by atoms with Crippen LogP contribution in [0.15, 0.2) is 71.5 Å². The van der Waals surface area contributed by atoms with Gasteiger partial charge in [0.1, 0.15) is 18.1 Å². The van der Waals surface area contributed by atoms with Crippen LogP contribution in [-0.4, -0.2) is 20.8 Å². The van der Waals surface area contributed by atoms with E-state index in [1.165, 1.54) is 0 Å². The van der Waals surface area contributed by atoms with E-state index in [0.717, 1.165) is 28.1 Å². The summed E-state index contributed by atoms with van der Waals surface area (Å²) in [6.45, 7) is 5.16. The van der Waals surface area contributed by atoms with Crippen LogP contribution >= 0.6 is 0 Å². The van der Waals surface area contributed by atoms with Gasteiger partial charge in [0.25, 0.3) is 5.91 Å². The third-order valence-electron chi connectivity index (χ3n) is 5.11. The Hall–Kier alpha value is -3.87. The second kappa shape index (κ2) is 9.30. The lowest BCUT2D eigenvalue weighted by atomic mass is 10.1. The smallest absolute Gasteiger partial charge is 0.251 e. The number of carbonyl (C=O) groups excluding carboxylic acids is 1. The van der Waals surface area contributed by atoms with E-state index in [1.807, 2.05) is 67.2 Å². The summed E-state index contributed by atoms with van der Waals surface area (Å²) in [5, 5.41) is 11.2. The number of nitrogens with one attached hydrogen (secondary N) is 1. The van der Waals surface area contributed by atoms with Crippen molar-refractivity contribution < 1.29 is 14.1 Å². The van der Waals surface area contributed by atoms with Crippen LogP contribution in [0.1, 0.15) is 38.5 Å². The van der Waals surface area contributed by atoms with Gasteiger partial charge >= 0.3 is 0 Å². The molecule has 4 rings (SSSR count). The number of hydrogen-bond acceptors (Lipinski definition) is 5. The Morgan fingerprint density at radius 3 is 2.68 bits per heavy atom. The van der Waals surface area contributed by atoms with Gasteiger partial charge in [0.2, 0.25) is 0 Å². The summed E-state index contributed by atoms with van der Waals surface area (Å²) < 4.78 is 12.9. The van der Waals surface area contributed by atoms with Crippen LogP contribution in [0.2, 0.25) is 0 Å². The highest BCUT2D eigenvalue weighted by Gasteiger charge is 2.12. The number of rotatable bonds is 8. The molecule has 1 amide bonds. The monoisotopic (exact) mass is 416 g/mol. The second-order valence-electron chi connectivity index (χ2n) is 7.27. The normalized spacial score (nSPS) is 10.8. The van der Waals surface area contributed by atoms with E-state index in [1.54, 1.807) is 18.3 Å². The lowest BCUT2D eigenvalue weighted by molar-refractivity contribution is 0.0950. The maximum atomic E-state index is 12.7. The molecule has 0 radical (unpaired) electrons. The van der Waals surface area contributed by atoms with Crippen molar-refractivity contribution in [1.82, 2.24) is 20.3 Å². The van der Waals surface area contributed by atoms with E-state index in [-0.39, 0.29) is 5.91 Å². The minimum atomic E-state index is -0.156. The van der Waals surface area contributed by atoms with Crippen molar-refractivity contribution in [2.75, 3.05) is 0 Å². The van der Waals surface area contributed by atoms with Crippen LogP contribution in [0, 0.1) is 13.8 Å². The van der Waals surface area contributed by atoms with Gasteiger partial charge in [-0.1, -0.05) is 35.5 Å². The largest absolute Gasteiger partial charge is 0.489 e. The predicted octanol–water partition coefficient (Wildman–Crippen LogP) is 4.05. The van der Waals surface area contributed by atoms with Crippen molar-refractivity contribution in [2.45, 2.75) is 33.5 Å². The number of aryl methyl sites for hydroxylation is 2. The molecule has 0 aliphatic carbocycles. The van der Waals surface area contributed by atoms with E-state index in [9.17, 15) is 4.79 Å². The number of benzene rings is 2. The van der Waals surface area contributed by atoms with Crippen molar-refractivity contribution in [3.05, 3.63) is 101 Å². The Kier molecular flexibility index (Phi) is 6.12. The third kappa shape index (κ3) is 5.01. The van der Waals surface area contributed by atoms with Gasteiger partial charge in [-0.2, -0.15) is 5.10 Å². The number of hydrogen-bond donors (Lipinski definition) is 1. The number of amides is 1. The molecule has 0 aliphatic rings. The van der Waals surface area contributed by atoms with Crippen LogP contribution in [-0.2, 0) is 19.7 Å². The molecule has 4 aromatic rings. The van der Waals surface area contributed by atoms with Crippen molar-refractivity contribution >= 4 is 5.91 Å². The third-order valence-corrected chi connectivity index (χ3v) is 5.11. The quantitative estimate of drug-likeness (QED) is 0.469. The van der Waals surface area contributed by atoms with Gasteiger partial charge in [-0.05, 0) is 49.2 Å². The molecule has 0 saturated heterocycles. The van der Waals surface area contributed by atoms with Crippen LogP contribution in [0.5, 0.6) is 5.75 Å². The molecule has 1 N–H and O–H groups in total. The highest BCUT2D eigenvalue weighted by atomic mass is 16.5. The van der Waals surface area contributed by atoms with E-state index in [4.69, 9.17) is 9.26 Å². The first-order valence-electron chi connectivity index (χ1n) is 10.1. The Morgan fingerprint density at radius 2 is 1.94 bits per heavy atom. The molecule has 31 heavy (non-hydrogen) atoms. The molecular formula is C24H24N4O3. The summed E-state index contributed by atoms with van der Waals surface area (Å²) in [4.78, 5) is 12.7. The molecule has 0 aliphatic heterocycles. The van der Waals surface area contributed by atoms with Crippen molar-refractivity contribution in [2.24, 2.45) is 0 Å². The maximum Gasteiger partial charge on any atom is 0.251 e. The summed E-state index contributed by atoms with van der Waals surface area (Å²) in [6.07, 6.45) is 3.68. The predicted molar refractivity (Wildman–Crippen MR) is 116 cm³/mol. The Morgan fingerprint density at radius 1 is 1.10 bits per heavy atom. The fourth-order valence-electron chi connectivity index (χ4n) is 3.32. The molecule has 0 unspecified atom stereocenters. The fourth-order valence-corrected chi connectivity index (χ4v) is 3.32. The summed E-state index contributed by atoms with van der Waals surface area (Å²) in [7, 11) is 0. The molecule has 2 aromatic carbocycles. The van der Waals surface area contributed by atoms with Crippen molar-refractivity contribution in [1.29, 1.82) is 0 Å². The minimum Gasteiger partial charge on any atom is -0.489 e. The minimum absolute atomic E-state index is 0.156. The van der Waals surface area contributed by atoms with Crippen LogP contribution in [0.25, 0.3) is 0 Å². The number of ether oxygens (including phenoxy) is 1. The Labute approximate surface area is 180 Å². The van der Waals surface area contributed by atoms with E-state index in [0.29, 0.717) is 31.0 Å². The van der Waals surface area contributed by atoms with E-state index >= 15 is 0 Å². The SMILES string of the molecule is Cc1noc(C)c1COc1cccc(C(=O)NCc2ccccc2Cn2cccn2)c1. The van der Waals surface area contributed by atoms with E-state index < -0.39 is 0 Å². The van der Waals surface area contributed by atoms with Gasteiger partial charge < -0.3 is 14.6 Å². The first kappa shape index (κ1) is 20.4. The molecule has 7 heteroatoms. The molecule has 0 bridgehead atoms. The van der Waals surface area contributed by atoms with Gasteiger partial charge in [-0.25, -0.2) is 0 Å². The number of carbonyl (C=O) groups is 1. The molecule has 0 fully saturated rings. The Bertz CT molecular complexity index is 1150. The first-order chi connectivity index (χ1) is 15.1. The summed E-state index contributed by atoms with van der Waals surface area (Å²) in [5.41, 5.74) is 4.44. The van der Waals surface area contributed by atoms with Gasteiger partial charge in [0.15, 0.2) is 0 Å². The fraction of sp³-hybridized carbons (Fsp3) is 0.208. The van der Waals surface area contributed by atoms with Gasteiger partial charge in [-0.3, -0.25) is 9.48 Å². The highest BCUT2D eigenvalue weighted by molar-refractivity contribution is 5.94. The second-order valence-corrected chi connectivity index (χ2v) is 7.27. The number of nitrogens with zero attached hydrogens (tertiary/aromatic N) is 3. The first-order valence-corrected chi connectivity index (χ1v) is 10.1. The zero-order valence-corrected chi connectivity index (χ0v) is 17.5. The lowest BCUT2D eigenvalue weighted by Crippen LogP contribution is -2.23.